The van der Waals surface area contributed by atoms with E-state index < -0.39 is 0 Å². The monoisotopic (exact) mass is 328 g/mol. The Morgan fingerprint density at radius 1 is 1.42 bits per heavy atom. The third-order valence-corrected chi connectivity index (χ3v) is 4.42. The summed E-state index contributed by atoms with van der Waals surface area (Å²) in [7, 11) is 1.69. The molecule has 106 valence electrons. The maximum Gasteiger partial charge on any atom is 0.0893 e. The first-order valence-electron chi connectivity index (χ1n) is 6.70. The molecule has 3 nitrogen and oxygen atoms in total. The van der Waals surface area contributed by atoms with Gasteiger partial charge in [-0.05, 0) is 31.4 Å². The predicted molar refractivity (Wildman–Crippen MR) is 78.0 cm³/mol. The third-order valence-electron chi connectivity index (χ3n) is 3.70. The molecule has 0 bridgehead atoms. The molecular weight excluding hydrogens is 308 g/mol. The van der Waals surface area contributed by atoms with Crippen LogP contribution in [-0.4, -0.2) is 31.0 Å². The Morgan fingerprint density at radius 2 is 2.16 bits per heavy atom. The highest BCUT2D eigenvalue weighted by Gasteiger charge is 2.37. The highest BCUT2D eigenvalue weighted by Crippen LogP contribution is 2.40. The summed E-state index contributed by atoms with van der Waals surface area (Å²) >= 11 is 3.57. The number of halogens is 1. The zero-order chi connectivity index (χ0) is 13.8. The van der Waals surface area contributed by atoms with Gasteiger partial charge in [0.2, 0.25) is 0 Å². The van der Waals surface area contributed by atoms with E-state index in [1.807, 2.05) is 25.1 Å². The Morgan fingerprint density at radius 3 is 2.84 bits per heavy atom. The van der Waals surface area contributed by atoms with Gasteiger partial charge in [0, 0.05) is 24.1 Å². The minimum Gasteiger partial charge on any atom is -0.393 e. The van der Waals surface area contributed by atoms with Gasteiger partial charge >= 0.3 is 0 Å². The van der Waals surface area contributed by atoms with E-state index >= 15 is 0 Å². The van der Waals surface area contributed by atoms with Crippen LogP contribution in [0.4, 0.5) is 0 Å². The molecule has 19 heavy (non-hydrogen) atoms. The summed E-state index contributed by atoms with van der Waals surface area (Å²) in [4.78, 5) is 0. The molecule has 0 radical (unpaired) electrons. The summed E-state index contributed by atoms with van der Waals surface area (Å²) in [6, 6.07) is 8.06. The SMILES string of the molecule is COCC[C@@H]1[C@@H](O)C[C@@H](C)O[C@H]1c1ccccc1Br. The molecule has 1 aromatic rings. The topological polar surface area (TPSA) is 38.7 Å². The molecule has 1 aliphatic rings. The molecule has 0 saturated carbocycles. The minimum absolute atomic E-state index is 0.0749. The first-order chi connectivity index (χ1) is 9.13. The van der Waals surface area contributed by atoms with Crippen LogP contribution in [0.1, 0.15) is 31.4 Å². The van der Waals surface area contributed by atoms with Crippen LogP contribution in [0.2, 0.25) is 0 Å². The molecule has 1 aromatic carbocycles. The molecule has 0 amide bonds. The van der Waals surface area contributed by atoms with Gasteiger partial charge in [-0.2, -0.15) is 0 Å². The zero-order valence-corrected chi connectivity index (χ0v) is 13.0. The standard InChI is InChI=1S/C15H21BrO3/c1-10-9-14(17)12(7-8-18-2)15(19-10)11-5-3-4-6-13(11)16/h3-6,10,12,14-15,17H,7-9H2,1-2H3/t10-,12-,14+,15+/m1/s1. The van der Waals surface area contributed by atoms with Crippen molar-refractivity contribution in [3.8, 4) is 0 Å². The first-order valence-corrected chi connectivity index (χ1v) is 7.49. The molecule has 1 saturated heterocycles. The van der Waals surface area contributed by atoms with E-state index in [1.165, 1.54) is 0 Å². The van der Waals surface area contributed by atoms with Gasteiger partial charge in [0.15, 0.2) is 0 Å². The van der Waals surface area contributed by atoms with Gasteiger partial charge in [0.25, 0.3) is 0 Å². The Hall–Kier alpha value is -0.420. The molecule has 1 N–H and O–H groups in total. The first kappa shape index (κ1) is 15.0. The van der Waals surface area contributed by atoms with Crippen LogP contribution >= 0.6 is 15.9 Å². The molecule has 4 atom stereocenters. The number of benzene rings is 1. The van der Waals surface area contributed by atoms with Crippen LogP contribution < -0.4 is 0 Å². The van der Waals surface area contributed by atoms with Gasteiger partial charge < -0.3 is 14.6 Å². The van der Waals surface area contributed by atoms with Gasteiger partial charge in [-0.25, -0.2) is 0 Å². The quantitative estimate of drug-likeness (QED) is 0.921. The summed E-state index contributed by atoms with van der Waals surface area (Å²) in [6.45, 7) is 2.65. The second-order valence-electron chi connectivity index (χ2n) is 5.14. The Balaban J connectivity index is 2.24. The smallest absolute Gasteiger partial charge is 0.0893 e. The number of hydrogen-bond acceptors (Lipinski definition) is 3. The lowest BCUT2D eigenvalue weighted by molar-refractivity contribution is -0.137. The minimum atomic E-state index is -0.337. The van der Waals surface area contributed by atoms with Crippen LogP contribution in [0, 0.1) is 5.92 Å². The number of aliphatic hydroxyl groups is 1. The third kappa shape index (κ3) is 3.57. The summed E-state index contributed by atoms with van der Waals surface area (Å²) in [5.74, 6) is 0.0786. The molecule has 1 fully saturated rings. The molecule has 4 heteroatoms. The fourth-order valence-corrected chi connectivity index (χ4v) is 3.24. The molecule has 0 aromatic heterocycles. The number of hydrogen-bond donors (Lipinski definition) is 1. The van der Waals surface area contributed by atoms with Crippen molar-refractivity contribution in [3.63, 3.8) is 0 Å². The lowest BCUT2D eigenvalue weighted by atomic mass is 9.83. The highest BCUT2D eigenvalue weighted by atomic mass is 79.9. The van der Waals surface area contributed by atoms with Gasteiger partial charge in [0.1, 0.15) is 0 Å². The van der Waals surface area contributed by atoms with Gasteiger partial charge in [-0.15, -0.1) is 0 Å². The van der Waals surface area contributed by atoms with Crippen LogP contribution in [0.25, 0.3) is 0 Å². The van der Waals surface area contributed by atoms with Crippen molar-refractivity contribution < 1.29 is 14.6 Å². The second-order valence-corrected chi connectivity index (χ2v) is 5.99. The fraction of sp³-hybridized carbons (Fsp3) is 0.600. The number of ether oxygens (including phenoxy) is 2. The fourth-order valence-electron chi connectivity index (χ4n) is 2.73. The molecule has 2 rings (SSSR count). The van der Waals surface area contributed by atoms with Gasteiger partial charge in [-0.1, -0.05) is 34.1 Å². The number of methoxy groups -OCH3 is 1. The highest BCUT2D eigenvalue weighted by molar-refractivity contribution is 9.10. The molecule has 1 heterocycles. The van der Waals surface area contributed by atoms with Crippen molar-refractivity contribution in [1.29, 1.82) is 0 Å². The molecule has 0 unspecified atom stereocenters. The Labute approximate surface area is 123 Å². The van der Waals surface area contributed by atoms with Crippen LogP contribution in [0.3, 0.4) is 0 Å². The van der Waals surface area contributed by atoms with E-state index in [-0.39, 0.29) is 24.2 Å². The van der Waals surface area contributed by atoms with E-state index in [4.69, 9.17) is 9.47 Å². The van der Waals surface area contributed by atoms with E-state index in [9.17, 15) is 5.11 Å². The molecular formula is C15H21BrO3. The van der Waals surface area contributed by atoms with E-state index in [0.717, 1.165) is 16.5 Å². The molecule has 1 aliphatic heterocycles. The normalized spacial score (nSPS) is 31.4. The van der Waals surface area contributed by atoms with Crippen LogP contribution in [0.5, 0.6) is 0 Å². The van der Waals surface area contributed by atoms with E-state index in [2.05, 4.69) is 22.0 Å². The zero-order valence-electron chi connectivity index (χ0n) is 11.4. The largest absolute Gasteiger partial charge is 0.393 e. The Kier molecular flexibility index (Phi) is 5.39. The number of rotatable bonds is 4. The number of aliphatic hydroxyl groups excluding tert-OH is 1. The van der Waals surface area contributed by atoms with Crippen molar-refractivity contribution >= 4 is 15.9 Å². The van der Waals surface area contributed by atoms with Gasteiger partial charge in [0.05, 0.1) is 18.3 Å². The van der Waals surface area contributed by atoms with Crippen molar-refractivity contribution in [1.82, 2.24) is 0 Å². The maximum atomic E-state index is 10.3. The van der Waals surface area contributed by atoms with E-state index in [0.29, 0.717) is 13.0 Å². The summed E-state index contributed by atoms with van der Waals surface area (Å²) < 4.78 is 12.3. The van der Waals surface area contributed by atoms with Crippen LogP contribution in [-0.2, 0) is 9.47 Å². The molecule has 0 spiro atoms. The lowest BCUT2D eigenvalue weighted by Gasteiger charge is -2.39. The maximum absolute atomic E-state index is 10.3. The lowest BCUT2D eigenvalue weighted by Crippen LogP contribution is -2.39. The van der Waals surface area contributed by atoms with Crippen molar-refractivity contribution in [2.45, 2.75) is 38.1 Å². The van der Waals surface area contributed by atoms with Gasteiger partial charge in [-0.3, -0.25) is 0 Å². The van der Waals surface area contributed by atoms with Crippen molar-refractivity contribution in [2.24, 2.45) is 5.92 Å². The predicted octanol–water partition coefficient (Wildman–Crippen LogP) is 3.31. The van der Waals surface area contributed by atoms with Crippen molar-refractivity contribution in [3.05, 3.63) is 34.3 Å². The summed E-state index contributed by atoms with van der Waals surface area (Å²) in [5, 5.41) is 10.3. The summed E-state index contributed by atoms with van der Waals surface area (Å²) in [6.07, 6.45) is 1.15. The molecule has 0 aliphatic carbocycles. The van der Waals surface area contributed by atoms with Crippen molar-refractivity contribution in [2.75, 3.05) is 13.7 Å². The van der Waals surface area contributed by atoms with Crippen LogP contribution in [0.15, 0.2) is 28.7 Å². The van der Waals surface area contributed by atoms with E-state index in [1.54, 1.807) is 7.11 Å². The average molecular weight is 329 g/mol. The Bertz CT molecular complexity index is 410. The second kappa shape index (κ2) is 6.84. The average Bonchev–Trinajstić information content (AvgIpc) is 2.37. The summed E-state index contributed by atoms with van der Waals surface area (Å²) in [5.41, 5.74) is 1.11.